The minimum absolute atomic E-state index is 0.602. The molecule has 0 radical (unpaired) electrons. The first kappa shape index (κ1) is 24.4. The number of ether oxygens (including phenoxy) is 6. The van der Waals surface area contributed by atoms with Gasteiger partial charge in [0.05, 0.1) is 6.61 Å². The van der Waals surface area contributed by atoms with Crippen LogP contribution in [0.3, 0.4) is 0 Å². The molecule has 0 saturated carbocycles. The summed E-state index contributed by atoms with van der Waals surface area (Å²) in [6, 6.07) is 0. The van der Waals surface area contributed by atoms with Gasteiger partial charge in [0.2, 0.25) is 0 Å². The maximum absolute atomic E-state index is 5.91. The smallest absolute Gasteiger partial charge is 0.333 e. The van der Waals surface area contributed by atoms with E-state index in [1.54, 1.807) is 0 Å². The Balaban J connectivity index is 0.880. The summed E-state index contributed by atoms with van der Waals surface area (Å²) in [5, 5.41) is 0. The Morgan fingerprint density at radius 2 is 1.22 bits per heavy atom. The van der Waals surface area contributed by atoms with Crippen molar-refractivity contribution < 1.29 is 28.4 Å². The van der Waals surface area contributed by atoms with Gasteiger partial charge >= 0.3 is 17.7 Å². The van der Waals surface area contributed by atoms with E-state index in [1.165, 1.54) is 34.3 Å². The van der Waals surface area contributed by atoms with Gasteiger partial charge < -0.3 is 9.47 Å². The Morgan fingerprint density at radius 3 is 1.72 bits per heavy atom. The fourth-order valence-corrected chi connectivity index (χ4v) is 5.44. The van der Waals surface area contributed by atoms with E-state index in [1.807, 2.05) is 0 Å². The average Bonchev–Trinajstić information content (AvgIpc) is 3.61. The van der Waals surface area contributed by atoms with Crippen LogP contribution in [0.4, 0.5) is 0 Å². The molecule has 9 rings (SSSR count). The van der Waals surface area contributed by atoms with Crippen LogP contribution in [0.5, 0.6) is 0 Å². The molecule has 2 atom stereocenters. The summed E-state index contributed by atoms with van der Waals surface area (Å²) in [4.78, 5) is 0. The lowest BCUT2D eigenvalue weighted by Gasteiger charge is -2.78. The van der Waals surface area contributed by atoms with E-state index in [0.717, 1.165) is 56.3 Å². The van der Waals surface area contributed by atoms with Crippen LogP contribution < -0.4 is 0 Å². The number of hydrogen-bond donors (Lipinski definition) is 0. The van der Waals surface area contributed by atoms with E-state index in [9.17, 15) is 0 Å². The number of fused-ring (bicyclic) bond motifs is 1. The highest BCUT2D eigenvalue weighted by Gasteiger charge is 3.03. The van der Waals surface area contributed by atoms with E-state index in [0.29, 0.717) is 6.61 Å². The van der Waals surface area contributed by atoms with Crippen molar-refractivity contribution in [3.05, 3.63) is 69.6 Å². The predicted octanol–water partition coefficient (Wildman–Crippen LogP) is 6.97. The molecule has 36 heavy (non-hydrogen) atoms. The van der Waals surface area contributed by atoms with Crippen molar-refractivity contribution in [2.75, 3.05) is 6.61 Å². The number of unbranched alkanes of at least 4 members (excludes halogenated alkanes) is 1. The largest absolute Gasteiger partial charge is 0.446 e. The quantitative estimate of drug-likeness (QED) is 0.166. The van der Waals surface area contributed by atoms with Gasteiger partial charge in [-0.3, -0.25) is 18.9 Å². The van der Waals surface area contributed by atoms with E-state index in [-0.39, 0.29) is 0 Å². The van der Waals surface area contributed by atoms with E-state index in [4.69, 9.17) is 28.4 Å². The molecule has 0 aromatic carbocycles. The molecule has 9 heterocycles. The number of hydrogen-bond acceptors (Lipinski definition) is 6. The summed E-state index contributed by atoms with van der Waals surface area (Å²) in [6.07, 6.45) is 20.6. The lowest BCUT2D eigenvalue weighted by Crippen LogP contribution is -2.96. The molecule has 6 heteroatoms. The lowest BCUT2D eigenvalue weighted by atomic mass is 9.88. The molecule has 0 amide bonds. The van der Waals surface area contributed by atoms with E-state index >= 15 is 0 Å². The molecule has 9 aliphatic heterocycles. The summed E-state index contributed by atoms with van der Waals surface area (Å²) in [6.45, 7) is 11.7. The Hall–Kier alpha value is -1.96. The molecule has 9 saturated heterocycles. The first-order valence-corrected chi connectivity index (χ1v) is 13.4. The van der Waals surface area contributed by atoms with Crippen molar-refractivity contribution in [1.82, 2.24) is 0 Å². The number of allylic oxidation sites excluding steroid dienone is 9. The standard InChI is InChI=1S/C30H38O6/c1-20(2)11-8-14-23(5)16-9-15-21(3)12-6-7-13-22(4)17-10-18-24-19-31-27(24)28(33-27)26(32-28)25-29-34-30(25,35-29)36-29/h11-13,16,18H,6-10,14-15,17,19H2,1-5H3. The topological polar surface area (TPSA) is 62.0 Å². The maximum Gasteiger partial charge on any atom is 0.333 e. The summed E-state index contributed by atoms with van der Waals surface area (Å²) < 4.78 is 33.6. The minimum Gasteiger partial charge on any atom is -0.446 e. The number of rotatable bonds is 12. The van der Waals surface area contributed by atoms with Gasteiger partial charge in [-0.15, -0.1) is 0 Å². The Morgan fingerprint density at radius 1 is 0.667 bits per heavy atom. The van der Waals surface area contributed by atoms with E-state index in [2.05, 4.69) is 65.0 Å². The van der Waals surface area contributed by atoms with Crippen LogP contribution >= 0.6 is 0 Å². The van der Waals surface area contributed by atoms with Crippen LogP contribution in [-0.4, -0.2) is 30.1 Å². The fraction of sp³-hybridized carbons (Fsp3) is 0.600. The fourth-order valence-electron chi connectivity index (χ4n) is 5.44. The zero-order chi connectivity index (χ0) is 25.2. The summed E-state index contributed by atoms with van der Waals surface area (Å²) in [7, 11) is 0. The Labute approximate surface area is 214 Å². The second-order valence-corrected chi connectivity index (χ2v) is 11.2. The molecule has 2 unspecified atom stereocenters. The van der Waals surface area contributed by atoms with Crippen molar-refractivity contribution >= 4 is 0 Å². The second-order valence-electron chi connectivity index (χ2n) is 11.2. The molecule has 9 fully saturated rings. The van der Waals surface area contributed by atoms with Crippen molar-refractivity contribution in [2.24, 2.45) is 0 Å². The van der Waals surface area contributed by atoms with Gasteiger partial charge in [0.25, 0.3) is 5.79 Å². The van der Waals surface area contributed by atoms with Crippen molar-refractivity contribution in [1.29, 1.82) is 0 Å². The molecule has 0 N–H and O–H groups in total. The highest BCUT2D eigenvalue weighted by Crippen LogP contribution is 2.83. The monoisotopic (exact) mass is 494 g/mol. The Bertz CT molecular complexity index is 1110. The summed E-state index contributed by atoms with van der Waals surface area (Å²) in [5.74, 6) is -2.60. The number of epoxide rings is 2. The zero-order valence-electron chi connectivity index (χ0n) is 22.2. The SMILES string of the molecule is CC(C)=CCCC(C)=CCCC(C)=CCCC=C(C)CCC=C1COC12OC21OC1=C1C23OC1(O2)O3. The van der Waals surface area contributed by atoms with Crippen molar-refractivity contribution in [2.45, 2.75) is 110 Å². The molecule has 194 valence electrons. The highest BCUT2D eigenvalue weighted by molar-refractivity contribution is 5.56. The van der Waals surface area contributed by atoms with Crippen molar-refractivity contribution in [3.8, 4) is 0 Å². The molecular formula is C30H38O6. The average molecular weight is 495 g/mol. The molecule has 0 aromatic rings. The first-order chi connectivity index (χ1) is 17.2. The van der Waals surface area contributed by atoms with Gasteiger partial charge in [0.15, 0.2) is 11.3 Å². The third-order valence-corrected chi connectivity index (χ3v) is 7.89. The molecule has 6 nitrogen and oxygen atoms in total. The van der Waals surface area contributed by atoms with Crippen LogP contribution in [0.1, 0.15) is 86.0 Å². The van der Waals surface area contributed by atoms with Crippen LogP contribution in [0.25, 0.3) is 0 Å². The van der Waals surface area contributed by atoms with Crippen LogP contribution in [0.15, 0.2) is 69.6 Å². The van der Waals surface area contributed by atoms with Crippen LogP contribution in [0, 0.1) is 0 Å². The molecule has 0 aromatic heterocycles. The third kappa shape index (κ3) is 3.72. The van der Waals surface area contributed by atoms with Crippen LogP contribution in [0.2, 0.25) is 0 Å². The minimum atomic E-state index is -0.962. The van der Waals surface area contributed by atoms with Crippen molar-refractivity contribution in [3.63, 3.8) is 0 Å². The Kier molecular flexibility index (Phi) is 5.78. The third-order valence-electron chi connectivity index (χ3n) is 7.89. The van der Waals surface area contributed by atoms with Gasteiger partial charge in [-0.2, -0.15) is 0 Å². The molecular weight excluding hydrogens is 456 g/mol. The first-order valence-electron chi connectivity index (χ1n) is 13.4. The molecule has 9 aliphatic rings. The molecule has 2 spiro atoms. The maximum atomic E-state index is 5.91. The normalized spacial score (nSPS) is 38.4. The van der Waals surface area contributed by atoms with Gasteiger partial charge in [-0.1, -0.05) is 52.7 Å². The van der Waals surface area contributed by atoms with E-state index < -0.39 is 23.5 Å². The van der Waals surface area contributed by atoms with Gasteiger partial charge in [-0.25, -0.2) is 0 Å². The van der Waals surface area contributed by atoms with Gasteiger partial charge in [0.1, 0.15) is 0 Å². The summed E-state index contributed by atoms with van der Waals surface area (Å²) >= 11 is 0. The lowest BCUT2D eigenvalue weighted by molar-refractivity contribution is -0.845. The van der Waals surface area contributed by atoms with Gasteiger partial charge in [0, 0.05) is 5.57 Å². The second kappa shape index (κ2) is 8.53. The predicted molar refractivity (Wildman–Crippen MR) is 135 cm³/mol. The zero-order valence-corrected chi connectivity index (χ0v) is 22.2. The molecule has 2 bridgehead atoms. The van der Waals surface area contributed by atoms with Gasteiger partial charge in [-0.05, 0) is 86.0 Å². The van der Waals surface area contributed by atoms with Crippen LogP contribution in [-0.2, 0) is 28.4 Å². The highest BCUT2D eigenvalue weighted by atomic mass is 17.2. The molecule has 0 aliphatic carbocycles. The summed E-state index contributed by atoms with van der Waals surface area (Å²) in [5.41, 5.74) is 7.94.